The first kappa shape index (κ1) is 16.7. The molecule has 7 heteroatoms. The highest BCUT2D eigenvalue weighted by Gasteiger charge is 2.26. The van der Waals surface area contributed by atoms with Gasteiger partial charge in [0.05, 0.1) is 28.4 Å². The summed E-state index contributed by atoms with van der Waals surface area (Å²) in [5, 5.41) is 12.7. The molecular weight excluding hydrogens is 278 g/mol. The molecule has 0 amide bonds. The van der Waals surface area contributed by atoms with Gasteiger partial charge in [-0.3, -0.25) is 0 Å². The smallest absolute Gasteiger partial charge is 0.240 e. The summed E-state index contributed by atoms with van der Waals surface area (Å²) in [6.07, 6.45) is 1.39. The number of nitrogen functional groups attached to an aromatic ring is 1. The monoisotopic (exact) mass is 301 g/mol. The lowest BCUT2D eigenvalue weighted by Gasteiger charge is -2.32. The maximum Gasteiger partial charge on any atom is 0.240 e. The summed E-state index contributed by atoms with van der Waals surface area (Å²) >= 11 is 0. The van der Waals surface area contributed by atoms with Crippen LogP contribution >= 0.6 is 0 Å². The molecule has 0 unspecified atom stereocenters. The highest BCUT2D eigenvalue weighted by molar-refractivity contribution is 7.89. The predicted octanol–water partition coefficient (Wildman–Crippen LogP) is 1.14. The average molecular weight is 301 g/mol. The van der Waals surface area contributed by atoms with Crippen molar-refractivity contribution in [2.24, 2.45) is 0 Å². The van der Waals surface area contributed by atoms with Crippen molar-refractivity contribution in [1.82, 2.24) is 4.72 Å². The molecule has 0 bridgehead atoms. The third kappa shape index (κ3) is 3.41. The number of rotatable bonds is 7. The zero-order valence-corrected chi connectivity index (χ0v) is 12.9. The largest absolute Gasteiger partial charge is 0.397 e. The minimum absolute atomic E-state index is 0.0531. The van der Waals surface area contributed by atoms with E-state index in [2.05, 4.69) is 10.0 Å². The average Bonchev–Trinajstić information content (AvgIpc) is 2.46. The van der Waals surface area contributed by atoms with Gasteiger partial charge in [-0.05, 0) is 38.1 Å². The number of benzene rings is 1. The van der Waals surface area contributed by atoms with Crippen LogP contribution in [0.1, 0.15) is 26.7 Å². The lowest BCUT2D eigenvalue weighted by atomic mass is 9.93. The Bertz CT molecular complexity index is 546. The van der Waals surface area contributed by atoms with Crippen LogP contribution in [0.2, 0.25) is 0 Å². The molecule has 1 aromatic carbocycles. The maximum absolute atomic E-state index is 11.8. The van der Waals surface area contributed by atoms with Crippen molar-refractivity contribution in [2.45, 2.75) is 37.1 Å². The molecule has 0 saturated heterocycles. The van der Waals surface area contributed by atoms with Crippen LogP contribution in [0.3, 0.4) is 0 Å². The van der Waals surface area contributed by atoms with Crippen LogP contribution in [0.15, 0.2) is 23.1 Å². The van der Waals surface area contributed by atoms with Gasteiger partial charge in [0, 0.05) is 0 Å². The van der Waals surface area contributed by atoms with Crippen molar-refractivity contribution in [3.63, 3.8) is 0 Å². The molecule has 0 fully saturated rings. The third-order valence-corrected chi connectivity index (χ3v) is 5.07. The fraction of sp³-hybridized carbons (Fsp3) is 0.538. The summed E-state index contributed by atoms with van der Waals surface area (Å²) in [4.78, 5) is 0.135. The molecule has 1 rings (SSSR count). The second-order valence-corrected chi connectivity index (χ2v) is 6.61. The molecule has 0 aliphatic heterocycles. The van der Waals surface area contributed by atoms with Gasteiger partial charge in [-0.2, -0.15) is 0 Å². The van der Waals surface area contributed by atoms with E-state index in [0.29, 0.717) is 24.2 Å². The van der Waals surface area contributed by atoms with Gasteiger partial charge in [0.25, 0.3) is 0 Å². The fourth-order valence-corrected chi connectivity index (χ4v) is 2.66. The summed E-state index contributed by atoms with van der Waals surface area (Å²) in [5.41, 5.74) is 6.34. The molecule has 0 radical (unpaired) electrons. The summed E-state index contributed by atoms with van der Waals surface area (Å²) in [7, 11) is -2.17. The van der Waals surface area contributed by atoms with E-state index in [4.69, 9.17) is 5.73 Å². The molecule has 0 spiro atoms. The predicted molar refractivity (Wildman–Crippen MR) is 81.1 cm³/mol. The van der Waals surface area contributed by atoms with Crippen LogP contribution in [0, 0.1) is 0 Å². The van der Waals surface area contributed by atoms with Gasteiger partial charge in [-0.15, -0.1) is 0 Å². The van der Waals surface area contributed by atoms with Crippen LogP contribution in [0.25, 0.3) is 0 Å². The normalized spacial score (nSPS) is 12.4. The summed E-state index contributed by atoms with van der Waals surface area (Å²) < 4.78 is 25.9. The van der Waals surface area contributed by atoms with Gasteiger partial charge >= 0.3 is 0 Å². The Morgan fingerprint density at radius 3 is 2.35 bits per heavy atom. The molecule has 0 saturated carbocycles. The van der Waals surface area contributed by atoms with E-state index in [1.54, 1.807) is 6.07 Å². The van der Waals surface area contributed by atoms with Crippen molar-refractivity contribution in [3.8, 4) is 0 Å². The molecule has 1 aromatic rings. The lowest BCUT2D eigenvalue weighted by molar-refractivity contribution is 0.202. The Kier molecular flexibility index (Phi) is 5.38. The fourth-order valence-electron chi connectivity index (χ4n) is 1.90. The number of anilines is 2. The van der Waals surface area contributed by atoms with Crippen LogP contribution in [0.5, 0.6) is 0 Å². The number of nitrogens with one attached hydrogen (secondary N) is 2. The highest BCUT2D eigenvalue weighted by atomic mass is 32.2. The zero-order valence-electron chi connectivity index (χ0n) is 12.1. The van der Waals surface area contributed by atoms with Crippen molar-refractivity contribution < 1.29 is 13.5 Å². The van der Waals surface area contributed by atoms with E-state index in [-0.39, 0.29) is 11.5 Å². The first-order chi connectivity index (χ1) is 9.34. The first-order valence-corrected chi connectivity index (χ1v) is 8.04. The first-order valence-electron chi connectivity index (χ1n) is 6.56. The van der Waals surface area contributed by atoms with Crippen LogP contribution in [-0.4, -0.2) is 32.7 Å². The lowest BCUT2D eigenvalue weighted by Crippen LogP contribution is -2.41. The van der Waals surface area contributed by atoms with Crippen LogP contribution in [-0.2, 0) is 10.0 Å². The van der Waals surface area contributed by atoms with E-state index in [1.165, 1.54) is 19.2 Å². The quantitative estimate of drug-likeness (QED) is 0.565. The van der Waals surface area contributed by atoms with Crippen molar-refractivity contribution in [2.75, 3.05) is 24.7 Å². The molecule has 0 heterocycles. The number of sulfonamides is 1. The van der Waals surface area contributed by atoms with Gasteiger partial charge in [-0.1, -0.05) is 13.8 Å². The van der Waals surface area contributed by atoms with Crippen molar-refractivity contribution in [1.29, 1.82) is 0 Å². The van der Waals surface area contributed by atoms with Gasteiger partial charge in [0.15, 0.2) is 0 Å². The number of hydrogen-bond acceptors (Lipinski definition) is 5. The minimum Gasteiger partial charge on any atom is -0.397 e. The van der Waals surface area contributed by atoms with Gasteiger partial charge in [0.2, 0.25) is 10.0 Å². The van der Waals surface area contributed by atoms with Crippen LogP contribution < -0.4 is 15.8 Å². The SMILES string of the molecule is CCC(CC)(CO)Nc1cc(S(=O)(=O)NC)ccc1N. The number of aliphatic hydroxyl groups is 1. The Labute approximate surface area is 120 Å². The Morgan fingerprint density at radius 1 is 1.30 bits per heavy atom. The highest BCUT2D eigenvalue weighted by Crippen LogP contribution is 2.28. The molecule has 5 N–H and O–H groups in total. The summed E-state index contributed by atoms with van der Waals surface area (Å²) in [5.74, 6) is 0. The van der Waals surface area contributed by atoms with Crippen LogP contribution in [0.4, 0.5) is 11.4 Å². The Balaban J connectivity index is 3.22. The number of aliphatic hydroxyl groups excluding tert-OH is 1. The third-order valence-electron chi connectivity index (χ3n) is 3.66. The Morgan fingerprint density at radius 2 is 1.90 bits per heavy atom. The maximum atomic E-state index is 11.8. The molecule has 114 valence electrons. The number of nitrogens with two attached hydrogens (primary N) is 1. The van der Waals surface area contributed by atoms with Gasteiger partial charge in [0.1, 0.15) is 0 Å². The Hall–Kier alpha value is -1.31. The standard InChI is InChI=1S/C13H23N3O3S/c1-4-13(5-2,9-17)16-12-8-10(6-7-11(12)14)20(18,19)15-3/h6-8,15-17H,4-5,9,14H2,1-3H3. The van der Waals surface area contributed by atoms with Crippen molar-refractivity contribution in [3.05, 3.63) is 18.2 Å². The second kappa shape index (κ2) is 6.43. The zero-order chi connectivity index (χ0) is 15.4. The molecule has 6 nitrogen and oxygen atoms in total. The summed E-state index contributed by atoms with van der Waals surface area (Å²) in [6, 6.07) is 4.47. The number of hydrogen-bond donors (Lipinski definition) is 4. The molecular formula is C13H23N3O3S. The molecule has 0 aliphatic rings. The molecule has 0 aliphatic carbocycles. The minimum atomic E-state index is -3.52. The van der Waals surface area contributed by atoms with E-state index in [0.717, 1.165) is 0 Å². The van der Waals surface area contributed by atoms with Gasteiger partial charge < -0.3 is 16.2 Å². The molecule has 20 heavy (non-hydrogen) atoms. The molecule has 0 aromatic heterocycles. The van der Waals surface area contributed by atoms with E-state index in [1.807, 2.05) is 13.8 Å². The van der Waals surface area contributed by atoms with E-state index >= 15 is 0 Å². The van der Waals surface area contributed by atoms with Gasteiger partial charge in [-0.25, -0.2) is 13.1 Å². The summed E-state index contributed by atoms with van der Waals surface area (Å²) in [6.45, 7) is 3.86. The van der Waals surface area contributed by atoms with E-state index in [9.17, 15) is 13.5 Å². The molecule has 0 atom stereocenters. The van der Waals surface area contributed by atoms with Crippen molar-refractivity contribution >= 4 is 21.4 Å². The second-order valence-electron chi connectivity index (χ2n) is 4.73. The topological polar surface area (TPSA) is 104 Å². The van der Waals surface area contributed by atoms with E-state index < -0.39 is 15.6 Å².